The van der Waals surface area contributed by atoms with Gasteiger partial charge in [-0.3, -0.25) is 0 Å². The molecular weight excluding hydrogens is 330 g/mol. The van der Waals surface area contributed by atoms with E-state index in [1.54, 1.807) is 0 Å². The highest BCUT2D eigenvalue weighted by Crippen LogP contribution is 2.37. The van der Waals surface area contributed by atoms with E-state index in [1.807, 2.05) is 25.1 Å². The second-order valence-corrected chi connectivity index (χ2v) is 7.16. The monoisotopic (exact) mass is 349 g/mol. The molecule has 0 saturated heterocycles. The number of benzene rings is 1. The summed E-state index contributed by atoms with van der Waals surface area (Å²) in [6.45, 7) is 4.27. The van der Waals surface area contributed by atoms with Gasteiger partial charge >= 0.3 is 0 Å². The fraction of sp³-hybridized carbons (Fsp3) is 0.500. The van der Waals surface area contributed by atoms with Gasteiger partial charge in [0, 0.05) is 10.0 Å². The molecule has 1 saturated carbocycles. The zero-order valence-corrected chi connectivity index (χ0v) is 14.0. The van der Waals surface area contributed by atoms with E-state index in [0.717, 1.165) is 34.9 Å². The van der Waals surface area contributed by atoms with Gasteiger partial charge in [-0.05, 0) is 49.4 Å². The summed E-state index contributed by atoms with van der Waals surface area (Å²) in [7, 11) is 0. The smallest absolute Gasteiger partial charge is 0.258 e. The topological polar surface area (TPSA) is 64.9 Å². The van der Waals surface area contributed by atoms with Gasteiger partial charge in [-0.15, -0.1) is 0 Å². The number of nitrogens with zero attached hydrogens (tertiary/aromatic N) is 2. The molecule has 5 heteroatoms. The summed E-state index contributed by atoms with van der Waals surface area (Å²) >= 11 is 3.47. The lowest BCUT2D eigenvalue weighted by atomic mass is 9.76. The van der Waals surface area contributed by atoms with Gasteiger partial charge in [-0.25, -0.2) is 0 Å². The number of rotatable bonds is 2. The van der Waals surface area contributed by atoms with Crippen LogP contribution in [-0.2, 0) is 5.54 Å². The lowest BCUT2D eigenvalue weighted by Crippen LogP contribution is -2.42. The van der Waals surface area contributed by atoms with Gasteiger partial charge in [0.05, 0.1) is 5.54 Å². The van der Waals surface area contributed by atoms with Gasteiger partial charge in [0.2, 0.25) is 0 Å². The molecule has 0 spiro atoms. The van der Waals surface area contributed by atoms with Crippen molar-refractivity contribution in [2.24, 2.45) is 11.7 Å². The molecular formula is C16H20BrN3O. The molecule has 1 aromatic heterocycles. The molecule has 4 nitrogen and oxygen atoms in total. The van der Waals surface area contributed by atoms with Crippen LogP contribution >= 0.6 is 15.9 Å². The first-order valence-electron chi connectivity index (χ1n) is 7.37. The zero-order valence-electron chi connectivity index (χ0n) is 12.4. The molecule has 0 bridgehead atoms. The highest BCUT2D eigenvalue weighted by Gasteiger charge is 2.37. The van der Waals surface area contributed by atoms with Crippen LogP contribution in [-0.4, -0.2) is 10.1 Å². The second-order valence-electron chi connectivity index (χ2n) is 6.24. The number of aromatic nitrogens is 2. The average Bonchev–Trinajstić information content (AvgIpc) is 2.88. The summed E-state index contributed by atoms with van der Waals surface area (Å²) < 4.78 is 6.51. The van der Waals surface area contributed by atoms with E-state index in [4.69, 9.17) is 10.3 Å². The Morgan fingerprint density at radius 2 is 2.24 bits per heavy atom. The van der Waals surface area contributed by atoms with Crippen molar-refractivity contribution in [2.75, 3.05) is 0 Å². The Morgan fingerprint density at radius 3 is 2.95 bits per heavy atom. The van der Waals surface area contributed by atoms with Gasteiger partial charge < -0.3 is 10.3 Å². The summed E-state index contributed by atoms with van der Waals surface area (Å²) in [5.41, 5.74) is 8.15. The fourth-order valence-electron chi connectivity index (χ4n) is 3.20. The molecule has 3 rings (SSSR count). The third-order valence-electron chi connectivity index (χ3n) is 4.32. The van der Waals surface area contributed by atoms with E-state index in [-0.39, 0.29) is 0 Å². The van der Waals surface area contributed by atoms with Crippen molar-refractivity contribution in [1.29, 1.82) is 0 Å². The van der Waals surface area contributed by atoms with E-state index >= 15 is 0 Å². The van der Waals surface area contributed by atoms with Crippen LogP contribution in [0.1, 0.15) is 44.0 Å². The highest BCUT2D eigenvalue weighted by molar-refractivity contribution is 9.10. The van der Waals surface area contributed by atoms with Crippen LogP contribution in [0.3, 0.4) is 0 Å². The van der Waals surface area contributed by atoms with Crippen molar-refractivity contribution >= 4 is 15.9 Å². The fourth-order valence-corrected chi connectivity index (χ4v) is 3.67. The van der Waals surface area contributed by atoms with Crippen LogP contribution < -0.4 is 5.73 Å². The zero-order chi connectivity index (χ0) is 15.0. The van der Waals surface area contributed by atoms with Crippen LogP contribution in [0.2, 0.25) is 0 Å². The largest absolute Gasteiger partial charge is 0.334 e. The molecule has 2 unspecified atom stereocenters. The minimum absolute atomic E-state index is 0.442. The summed E-state index contributed by atoms with van der Waals surface area (Å²) in [5.74, 6) is 1.81. The van der Waals surface area contributed by atoms with Gasteiger partial charge in [0.1, 0.15) is 0 Å². The van der Waals surface area contributed by atoms with Crippen LogP contribution in [0.25, 0.3) is 11.5 Å². The normalized spacial score (nSPS) is 26.0. The van der Waals surface area contributed by atoms with Gasteiger partial charge in [-0.2, -0.15) is 4.98 Å². The number of hydrogen-bond acceptors (Lipinski definition) is 4. The minimum Gasteiger partial charge on any atom is -0.334 e. The Morgan fingerprint density at radius 1 is 1.43 bits per heavy atom. The van der Waals surface area contributed by atoms with E-state index in [2.05, 4.69) is 33.0 Å². The van der Waals surface area contributed by atoms with Crippen LogP contribution in [0.4, 0.5) is 0 Å². The molecule has 2 atom stereocenters. The molecule has 2 aromatic rings. The SMILES string of the molecule is Cc1cc(Br)ccc1-c1nc(C2(N)CCCC(C)C2)no1. The summed E-state index contributed by atoms with van der Waals surface area (Å²) in [6.07, 6.45) is 4.20. The number of hydrogen-bond donors (Lipinski definition) is 1. The Bertz CT molecular complexity index is 655. The number of nitrogens with two attached hydrogens (primary N) is 1. The molecule has 1 aromatic carbocycles. The van der Waals surface area contributed by atoms with Crippen LogP contribution in [0, 0.1) is 12.8 Å². The summed E-state index contributed by atoms with van der Waals surface area (Å²) in [6, 6.07) is 6.01. The van der Waals surface area contributed by atoms with Crippen molar-refractivity contribution in [3.63, 3.8) is 0 Å². The third-order valence-corrected chi connectivity index (χ3v) is 4.82. The Kier molecular flexibility index (Phi) is 3.88. The first-order valence-corrected chi connectivity index (χ1v) is 8.17. The molecule has 21 heavy (non-hydrogen) atoms. The molecule has 0 amide bonds. The molecule has 1 heterocycles. The molecule has 1 aliphatic carbocycles. The summed E-state index contributed by atoms with van der Waals surface area (Å²) in [4.78, 5) is 4.58. The van der Waals surface area contributed by atoms with Gasteiger partial charge in [0.25, 0.3) is 5.89 Å². The molecule has 1 fully saturated rings. The minimum atomic E-state index is -0.442. The third kappa shape index (κ3) is 2.90. The first kappa shape index (κ1) is 14.7. The van der Waals surface area contributed by atoms with Crippen molar-refractivity contribution in [3.8, 4) is 11.5 Å². The van der Waals surface area contributed by atoms with E-state index in [0.29, 0.717) is 17.6 Å². The van der Waals surface area contributed by atoms with Gasteiger partial charge in [0.15, 0.2) is 5.82 Å². The predicted octanol–water partition coefficient (Wildman–Crippen LogP) is 4.17. The number of aryl methyl sites for hydroxylation is 1. The average molecular weight is 350 g/mol. The Labute approximate surface area is 133 Å². The maximum atomic E-state index is 6.53. The van der Waals surface area contributed by atoms with Crippen molar-refractivity contribution in [1.82, 2.24) is 10.1 Å². The van der Waals surface area contributed by atoms with Crippen LogP contribution in [0.15, 0.2) is 27.2 Å². The molecule has 1 aliphatic rings. The van der Waals surface area contributed by atoms with Crippen molar-refractivity contribution < 1.29 is 4.52 Å². The first-order chi connectivity index (χ1) is 9.98. The predicted molar refractivity (Wildman–Crippen MR) is 85.7 cm³/mol. The molecule has 112 valence electrons. The van der Waals surface area contributed by atoms with Crippen molar-refractivity contribution in [3.05, 3.63) is 34.1 Å². The van der Waals surface area contributed by atoms with E-state index < -0.39 is 5.54 Å². The quantitative estimate of drug-likeness (QED) is 0.883. The summed E-state index contributed by atoms with van der Waals surface area (Å²) in [5, 5.41) is 4.16. The standard InChI is InChI=1S/C16H20BrN3O/c1-10-4-3-7-16(18,9-10)15-19-14(21-20-15)13-6-5-12(17)8-11(13)2/h5-6,8,10H,3-4,7,9,18H2,1-2H3. The highest BCUT2D eigenvalue weighted by atomic mass is 79.9. The van der Waals surface area contributed by atoms with Crippen LogP contribution in [0.5, 0.6) is 0 Å². The Balaban J connectivity index is 1.92. The molecule has 2 N–H and O–H groups in total. The lowest BCUT2D eigenvalue weighted by molar-refractivity contribution is 0.222. The van der Waals surface area contributed by atoms with E-state index in [9.17, 15) is 0 Å². The molecule has 0 aliphatic heterocycles. The Hall–Kier alpha value is -1.20. The number of halogens is 1. The second kappa shape index (κ2) is 5.54. The van der Waals surface area contributed by atoms with E-state index in [1.165, 1.54) is 6.42 Å². The van der Waals surface area contributed by atoms with Crippen molar-refractivity contribution in [2.45, 2.75) is 45.1 Å². The maximum Gasteiger partial charge on any atom is 0.258 e. The maximum absolute atomic E-state index is 6.53. The molecule has 0 radical (unpaired) electrons. The van der Waals surface area contributed by atoms with Gasteiger partial charge in [-0.1, -0.05) is 40.9 Å². The lowest BCUT2D eigenvalue weighted by Gasteiger charge is -2.33.